The first-order valence-corrected chi connectivity index (χ1v) is 8.20. The lowest BCUT2D eigenvalue weighted by molar-refractivity contribution is 1.75. The van der Waals surface area contributed by atoms with Gasteiger partial charge in [-0.2, -0.15) is 11.8 Å². The lowest BCUT2D eigenvalue weighted by atomic mass is 10.4. The van der Waals surface area contributed by atoms with Gasteiger partial charge in [0.2, 0.25) is 0 Å². The fraction of sp³-hybridized carbons (Fsp3) is 0.143. The zero-order valence-corrected chi connectivity index (χ0v) is 11.0. The van der Waals surface area contributed by atoms with Gasteiger partial charge in [-0.15, -0.1) is 0 Å². The van der Waals surface area contributed by atoms with Crippen molar-refractivity contribution in [2.45, 2.75) is 0 Å². The first-order valence-electron chi connectivity index (χ1n) is 5.28. The van der Waals surface area contributed by atoms with E-state index >= 15 is 0 Å². The average molecular weight is 246 g/mol. The zero-order chi connectivity index (χ0) is 11.2. The second kappa shape index (κ2) is 6.08. The van der Waals surface area contributed by atoms with E-state index in [4.69, 9.17) is 0 Å². The Hall–Kier alpha value is -0.780. The fourth-order valence-electron chi connectivity index (χ4n) is 1.64. The topological polar surface area (TPSA) is 0 Å². The predicted molar refractivity (Wildman–Crippen MR) is 77.5 cm³/mol. The second-order valence-corrected chi connectivity index (χ2v) is 7.02. The lowest BCUT2D eigenvalue weighted by Gasteiger charge is -2.17. The van der Waals surface area contributed by atoms with Gasteiger partial charge < -0.3 is 0 Å². The first kappa shape index (κ1) is 11.7. The molecule has 2 rings (SSSR count). The van der Waals surface area contributed by atoms with Gasteiger partial charge in [0, 0.05) is 5.49 Å². The van der Waals surface area contributed by atoms with Crippen LogP contribution in [0.1, 0.15) is 0 Å². The Bertz CT molecular complexity index is 374. The van der Waals surface area contributed by atoms with Gasteiger partial charge in [-0.05, 0) is 24.8 Å². The Morgan fingerprint density at radius 3 is 1.62 bits per heavy atom. The Morgan fingerprint density at radius 2 is 1.25 bits per heavy atom. The fourth-order valence-corrected chi connectivity index (χ4v) is 5.23. The van der Waals surface area contributed by atoms with Gasteiger partial charge in [-0.1, -0.05) is 60.7 Å². The Labute approximate surface area is 103 Å². The summed E-state index contributed by atoms with van der Waals surface area (Å²) < 4.78 is 0. The highest BCUT2D eigenvalue weighted by Gasteiger charge is 2.11. The molecule has 2 aromatic carbocycles. The molecular weight excluding hydrogens is 231 g/mol. The largest absolute Gasteiger partial charge is 0.160 e. The molecule has 0 bridgehead atoms. The molecule has 2 heteroatoms. The maximum atomic E-state index is 2.24. The number of hydrogen-bond donors (Lipinski definition) is 0. The molecule has 82 valence electrons. The van der Waals surface area contributed by atoms with E-state index in [0.29, 0.717) is 0 Å². The summed E-state index contributed by atoms with van der Waals surface area (Å²) in [6, 6.07) is 21.7. The van der Waals surface area contributed by atoms with Gasteiger partial charge in [0.25, 0.3) is 0 Å². The Kier molecular flexibility index (Phi) is 4.44. The van der Waals surface area contributed by atoms with E-state index in [9.17, 15) is 0 Å². The quantitative estimate of drug-likeness (QED) is 0.745. The van der Waals surface area contributed by atoms with Crippen LogP contribution in [0.25, 0.3) is 0 Å². The molecule has 0 spiro atoms. The van der Waals surface area contributed by atoms with Gasteiger partial charge in [0.05, 0.1) is 0 Å². The molecule has 0 aliphatic heterocycles. The van der Waals surface area contributed by atoms with Crippen LogP contribution in [0, 0.1) is 0 Å². The van der Waals surface area contributed by atoms with E-state index in [1.54, 1.807) is 0 Å². The van der Waals surface area contributed by atoms with Crippen LogP contribution in [-0.2, 0) is 0 Å². The van der Waals surface area contributed by atoms with Gasteiger partial charge in [-0.3, -0.25) is 0 Å². The summed E-state index contributed by atoms with van der Waals surface area (Å²) in [4.78, 5) is 0. The highest BCUT2D eigenvalue weighted by molar-refractivity contribution is 8.06. The summed E-state index contributed by atoms with van der Waals surface area (Å²) >= 11 is 1.93. The van der Waals surface area contributed by atoms with Crippen LogP contribution in [0.4, 0.5) is 0 Å². The molecule has 0 radical (unpaired) electrons. The molecular formula is C14H15PS. The maximum Gasteiger partial charge on any atom is 0.0214 e. The summed E-state index contributed by atoms with van der Waals surface area (Å²) in [7, 11) is -0.188. The third-order valence-electron chi connectivity index (χ3n) is 2.39. The summed E-state index contributed by atoms with van der Waals surface area (Å²) in [5, 5.41) is 2.94. The molecule has 0 nitrogen and oxygen atoms in total. The summed E-state index contributed by atoms with van der Waals surface area (Å²) in [5.41, 5.74) is 1.20. The van der Waals surface area contributed by atoms with Gasteiger partial charge in [-0.25, -0.2) is 0 Å². The van der Waals surface area contributed by atoms with Crippen LogP contribution in [0.5, 0.6) is 0 Å². The Morgan fingerprint density at radius 1 is 0.812 bits per heavy atom. The van der Waals surface area contributed by atoms with Crippen molar-refractivity contribution >= 4 is 30.3 Å². The van der Waals surface area contributed by atoms with Crippen molar-refractivity contribution in [1.82, 2.24) is 0 Å². The maximum absolute atomic E-state index is 2.24. The summed E-state index contributed by atoms with van der Waals surface area (Å²) in [5.74, 6) is 0. The second-order valence-electron chi connectivity index (χ2n) is 3.52. The molecule has 0 amide bonds. The van der Waals surface area contributed by atoms with Crippen LogP contribution >= 0.6 is 19.7 Å². The van der Waals surface area contributed by atoms with Gasteiger partial charge in [0.1, 0.15) is 0 Å². The normalized spacial score (nSPS) is 10.6. The van der Waals surface area contributed by atoms with Crippen molar-refractivity contribution in [2.24, 2.45) is 0 Å². The minimum atomic E-state index is -0.188. The summed E-state index contributed by atoms with van der Waals surface area (Å²) in [6.07, 6.45) is 2.18. The third-order valence-corrected chi connectivity index (χ3v) is 6.30. The molecule has 0 aromatic heterocycles. The van der Waals surface area contributed by atoms with Crippen molar-refractivity contribution in [3.8, 4) is 0 Å². The number of benzene rings is 2. The molecule has 0 N–H and O–H groups in total. The van der Waals surface area contributed by atoms with E-state index in [0.717, 1.165) is 0 Å². The molecule has 0 unspecified atom stereocenters. The number of rotatable bonds is 4. The van der Waals surface area contributed by atoms with Crippen molar-refractivity contribution in [3.05, 3.63) is 60.7 Å². The first-order chi connectivity index (χ1) is 7.92. The van der Waals surface area contributed by atoms with Crippen LogP contribution in [0.3, 0.4) is 0 Å². The number of thioether (sulfide) groups is 1. The van der Waals surface area contributed by atoms with Gasteiger partial charge >= 0.3 is 0 Å². The molecule has 0 aliphatic carbocycles. The molecule has 0 saturated carbocycles. The molecule has 0 fully saturated rings. The molecule has 0 heterocycles. The Balaban J connectivity index is 2.31. The zero-order valence-electron chi connectivity index (χ0n) is 9.34. The van der Waals surface area contributed by atoms with E-state index in [-0.39, 0.29) is 7.92 Å². The number of hydrogen-bond acceptors (Lipinski definition) is 1. The highest BCUT2D eigenvalue weighted by atomic mass is 32.2. The van der Waals surface area contributed by atoms with Crippen LogP contribution in [0.15, 0.2) is 60.7 Å². The van der Waals surface area contributed by atoms with Crippen LogP contribution < -0.4 is 10.6 Å². The van der Waals surface area contributed by atoms with Crippen molar-refractivity contribution < 1.29 is 0 Å². The van der Waals surface area contributed by atoms with E-state index < -0.39 is 0 Å². The van der Waals surface area contributed by atoms with Crippen molar-refractivity contribution in [1.29, 1.82) is 0 Å². The molecule has 16 heavy (non-hydrogen) atoms. The van der Waals surface area contributed by atoms with E-state index in [1.807, 2.05) is 11.8 Å². The minimum absolute atomic E-state index is 0.188. The highest BCUT2D eigenvalue weighted by Crippen LogP contribution is 2.36. The molecule has 0 saturated heterocycles. The predicted octanol–water partition coefficient (Wildman–Crippen LogP) is 3.44. The van der Waals surface area contributed by atoms with Crippen molar-refractivity contribution in [3.63, 3.8) is 0 Å². The monoisotopic (exact) mass is 246 g/mol. The van der Waals surface area contributed by atoms with E-state index in [1.165, 1.54) is 16.1 Å². The average Bonchev–Trinajstić information content (AvgIpc) is 2.38. The lowest BCUT2D eigenvalue weighted by Crippen LogP contribution is -2.12. The molecule has 0 atom stereocenters. The minimum Gasteiger partial charge on any atom is -0.160 e. The summed E-state index contributed by atoms with van der Waals surface area (Å²) in [6.45, 7) is 0. The van der Waals surface area contributed by atoms with Crippen LogP contribution in [-0.4, -0.2) is 11.7 Å². The van der Waals surface area contributed by atoms with Crippen molar-refractivity contribution in [2.75, 3.05) is 11.7 Å². The molecule has 0 aliphatic rings. The third kappa shape index (κ3) is 2.87. The van der Waals surface area contributed by atoms with Crippen LogP contribution in [0.2, 0.25) is 0 Å². The standard InChI is InChI=1S/C14H15PS/c1-16-12-15(13-8-4-2-5-9-13)14-10-6-3-7-11-14/h2-11H,12H2,1H3. The van der Waals surface area contributed by atoms with E-state index in [2.05, 4.69) is 66.9 Å². The smallest absolute Gasteiger partial charge is 0.0214 e. The SMILES string of the molecule is CSCP(c1ccccc1)c1ccccc1. The molecule has 2 aromatic rings. The van der Waals surface area contributed by atoms with Gasteiger partial charge in [0.15, 0.2) is 0 Å².